The molecule has 0 aromatic carbocycles. The first-order valence-corrected chi connectivity index (χ1v) is 13.0. The van der Waals surface area contributed by atoms with Crippen LogP contribution >= 0.6 is 11.3 Å². The Labute approximate surface area is 199 Å². The van der Waals surface area contributed by atoms with E-state index in [1.165, 1.54) is 6.92 Å². The van der Waals surface area contributed by atoms with Crippen LogP contribution in [0.25, 0.3) is 0 Å². The van der Waals surface area contributed by atoms with Crippen molar-refractivity contribution in [1.29, 1.82) is 0 Å². The number of hydrogen-bond donors (Lipinski definition) is 1. The van der Waals surface area contributed by atoms with Crippen LogP contribution in [0.2, 0.25) is 0 Å². The fraction of sp³-hybridized carbons (Fsp3) is 0.667. The van der Waals surface area contributed by atoms with Crippen LogP contribution in [0.5, 0.6) is 0 Å². The van der Waals surface area contributed by atoms with Gasteiger partial charge in [-0.1, -0.05) is 36.9 Å². The molecule has 180 valence electrons. The highest BCUT2D eigenvalue weighted by atomic mass is 32.1. The highest BCUT2D eigenvalue weighted by Crippen LogP contribution is 2.34. The topological polar surface area (TPSA) is 97.6 Å². The van der Waals surface area contributed by atoms with Crippen LogP contribution in [-0.4, -0.2) is 46.1 Å². The third-order valence-corrected chi connectivity index (χ3v) is 7.41. The lowest BCUT2D eigenvalue weighted by atomic mass is 9.89. The largest absolute Gasteiger partial charge is 0.376 e. The first-order chi connectivity index (χ1) is 16.0. The monoisotopic (exact) mass is 474 g/mol. The number of aryl methyl sites for hydroxylation is 1. The van der Waals surface area contributed by atoms with Crippen LogP contribution in [-0.2, 0) is 32.8 Å². The third kappa shape index (κ3) is 6.41. The molecule has 2 aromatic heterocycles. The van der Waals surface area contributed by atoms with Crippen LogP contribution in [0.3, 0.4) is 0 Å². The zero-order valence-electron chi connectivity index (χ0n) is 19.4. The quantitative estimate of drug-likeness (QED) is 0.553. The molecular weight excluding hydrogens is 440 g/mol. The van der Waals surface area contributed by atoms with Crippen molar-refractivity contribution in [2.45, 2.75) is 89.3 Å². The zero-order chi connectivity index (χ0) is 23.1. The van der Waals surface area contributed by atoms with E-state index >= 15 is 0 Å². The van der Waals surface area contributed by atoms with E-state index in [1.54, 1.807) is 11.3 Å². The summed E-state index contributed by atoms with van der Waals surface area (Å²) >= 11 is 1.66. The second-order valence-electron chi connectivity index (χ2n) is 9.18. The summed E-state index contributed by atoms with van der Waals surface area (Å²) in [6, 6.07) is 4.06. The Bertz CT molecular complexity index is 899. The van der Waals surface area contributed by atoms with Gasteiger partial charge in [0.1, 0.15) is 5.54 Å². The van der Waals surface area contributed by atoms with Gasteiger partial charge in [-0.2, -0.15) is 4.98 Å². The fourth-order valence-electron chi connectivity index (χ4n) is 4.88. The van der Waals surface area contributed by atoms with Crippen molar-refractivity contribution in [3.8, 4) is 0 Å². The lowest BCUT2D eigenvalue weighted by Gasteiger charge is -2.30. The van der Waals surface area contributed by atoms with Gasteiger partial charge in [0, 0.05) is 37.8 Å². The van der Waals surface area contributed by atoms with Gasteiger partial charge >= 0.3 is 0 Å². The van der Waals surface area contributed by atoms with E-state index in [0.29, 0.717) is 37.6 Å². The number of thiophene rings is 1. The number of rotatable bonds is 9. The molecular formula is C24H34N4O4S. The molecule has 2 aromatic rings. The second-order valence-corrected chi connectivity index (χ2v) is 10.2. The van der Waals surface area contributed by atoms with Gasteiger partial charge in [0.15, 0.2) is 5.82 Å². The molecule has 1 aliphatic heterocycles. The second kappa shape index (κ2) is 11.2. The van der Waals surface area contributed by atoms with Crippen molar-refractivity contribution in [3.63, 3.8) is 0 Å². The number of aromatic nitrogens is 2. The summed E-state index contributed by atoms with van der Waals surface area (Å²) in [5, 5.41) is 9.36. The third-order valence-electron chi connectivity index (χ3n) is 6.55. The SMILES string of the molecule is CC(=O)NC1(c2noc(CCC(=O)N(Cc3cccs3)CC3CCCO3)n2)CCCCCC1. The highest BCUT2D eigenvalue weighted by molar-refractivity contribution is 7.09. The Balaban J connectivity index is 1.40. The van der Waals surface area contributed by atoms with Gasteiger partial charge in [0.25, 0.3) is 0 Å². The predicted octanol–water partition coefficient (Wildman–Crippen LogP) is 3.96. The Morgan fingerprint density at radius 2 is 2.06 bits per heavy atom. The summed E-state index contributed by atoms with van der Waals surface area (Å²) in [5.74, 6) is 0.957. The molecule has 4 rings (SSSR count). The van der Waals surface area contributed by atoms with Gasteiger partial charge in [-0.15, -0.1) is 11.3 Å². The van der Waals surface area contributed by atoms with Crippen molar-refractivity contribution in [1.82, 2.24) is 20.4 Å². The minimum Gasteiger partial charge on any atom is -0.376 e. The number of carbonyl (C=O) groups excluding carboxylic acids is 2. The van der Waals surface area contributed by atoms with Gasteiger partial charge in [-0.3, -0.25) is 9.59 Å². The van der Waals surface area contributed by atoms with Crippen LogP contribution in [0.1, 0.15) is 81.3 Å². The Hall–Kier alpha value is -2.26. The number of amides is 2. The molecule has 9 heteroatoms. The molecule has 8 nitrogen and oxygen atoms in total. The van der Waals surface area contributed by atoms with E-state index in [9.17, 15) is 9.59 Å². The molecule has 0 radical (unpaired) electrons. The standard InChI is InChI=1S/C24H34N4O4S/c1-18(29)26-24(12-4-2-3-5-13-24)23-25-21(32-27-23)10-11-22(30)28(16-19-8-6-14-31-19)17-20-9-7-15-33-20/h7,9,15,19H,2-6,8,10-14,16-17H2,1H3,(H,26,29). The number of nitrogens with one attached hydrogen (secondary N) is 1. The maximum atomic E-state index is 13.1. The summed E-state index contributed by atoms with van der Waals surface area (Å²) in [6.07, 6.45) is 8.77. The normalized spacial score (nSPS) is 20.3. The molecule has 33 heavy (non-hydrogen) atoms. The van der Waals surface area contributed by atoms with E-state index in [1.807, 2.05) is 16.3 Å². The summed E-state index contributed by atoms with van der Waals surface area (Å²) in [6.45, 7) is 3.50. The Morgan fingerprint density at radius 1 is 1.24 bits per heavy atom. The molecule has 1 saturated heterocycles. The van der Waals surface area contributed by atoms with Crippen molar-refractivity contribution >= 4 is 23.2 Å². The van der Waals surface area contributed by atoms with E-state index in [-0.39, 0.29) is 17.9 Å². The maximum Gasteiger partial charge on any atom is 0.227 e. The average molecular weight is 475 g/mol. The van der Waals surface area contributed by atoms with Gasteiger partial charge in [-0.25, -0.2) is 0 Å². The van der Waals surface area contributed by atoms with Gasteiger partial charge in [0.05, 0.1) is 12.6 Å². The van der Waals surface area contributed by atoms with Crippen molar-refractivity contribution in [3.05, 3.63) is 34.1 Å². The minimum absolute atomic E-state index is 0.0599. The molecule has 0 bridgehead atoms. The molecule has 1 aliphatic carbocycles. The lowest BCUT2D eigenvalue weighted by Crippen LogP contribution is -2.45. The van der Waals surface area contributed by atoms with E-state index in [0.717, 1.165) is 62.9 Å². The molecule has 1 unspecified atom stereocenters. The Kier molecular flexibility index (Phi) is 8.14. The van der Waals surface area contributed by atoms with Crippen LogP contribution < -0.4 is 5.32 Å². The molecule has 2 amide bonds. The molecule has 1 saturated carbocycles. The van der Waals surface area contributed by atoms with E-state index in [2.05, 4.69) is 21.5 Å². The van der Waals surface area contributed by atoms with Gasteiger partial charge < -0.3 is 19.5 Å². The molecule has 2 aliphatic rings. The molecule has 2 fully saturated rings. The summed E-state index contributed by atoms with van der Waals surface area (Å²) in [5.41, 5.74) is -0.570. The molecule has 3 heterocycles. The maximum absolute atomic E-state index is 13.1. The summed E-state index contributed by atoms with van der Waals surface area (Å²) in [7, 11) is 0. The van der Waals surface area contributed by atoms with Gasteiger partial charge in [0.2, 0.25) is 17.7 Å². The predicted molar refractivity (Wildman–Crippen MR) is 125 cm³/mol. The molecule has 1 atom stereocenters. The molecule has 1 N–H and O–H groups in total. The van der Waals surface area contributed by atoms with Crippen molar-refractivity contribution < 1.29 is 18.8 Å². The molecule has 0 spiro atoms. The van der Waals surface area contributed by atoms with E-state index < -0.39 is 5.54 Å². The number of carbonyl (C=O) groups is 2. The minimum atomic E-state index is -0.570. The van der Waals surface area contributed by atoms with Crippen molar-refractivity contribution in [2.75, 3.05) is 13.2 Å². The highest BCUT2D eigenvalue weighted by Gasteiger charge is 2.38. The fourth-order valence-corrected chi connectivity index (χ4v) is 5.60. The first-order valence-electron chi connectivity index (χ1n) is 12.1. The van der Waals surface area contributed by atoms with Crippen LogP contribution in [0.4, 0.5) is 0 Å². The number of hydrogen-bond acceptors (Lipinski definition) is 7. The summed E-state index contributed by atoms with van der Waals surface area (Å²) in [4.78, 5) is 32.7. The average Bonchev–Trinajstić information content (AvgIpc) is 3.55. The smallest absolute Gasteiger partial charge is 0.227 e. The number of ether oxygens (including phenoxy) is 1. The van der Waals surface area contributed by atoms with Gasteiger partial charge in [-0.05, 0) is 37.1 Å². The van der Waals surface area contributed by atoms with E-state index in [4.69, 9.17) is 9.26 Å². The summed E-state index contributed by atoms with van der Waals surface area (Å²) < 4.78 is 11.3. The van der Waals surface area contributed by atoms with Crippen LogP contribution in [0, 0.1) is 0 Å². The van der Waals surface area contributed by atoms with Crippen molar-refractivity contribution in [2.24, 2.45) is 0 Å². The first kappa shape index (κ1) is 23.9. The Morgan fingerprint density at radius 3 is 2.73 bits per heavy atom. The lowest BCUT2D eigenvalue weighted by molar-refractivity contribution is -0.133. The van der Waals surface area contributed by atoms with Crippen LogP contribution in [0.15, 0.2) is 22.0 Å². The zero-order valence-corrected chi connectivity index (χ0v) is 20.2. The number of nitrogens with zero attached hydrogens (tertiary/aromatic N) is 3.